The number of aromatic nitrogens is 1. The maximum absolute atomic E-state index is 12.4. The maximum atomic E-state index is 12.4. The summed E-state index contributed by atoms with van der Waals surface area (Å²) in [5.74, 6) is -0.894. The Bertz CT molecular complexity index is 868. The molecule has 0 unspecified atom stereocenters. The van der Waals surface area contributed by atoms with Crippen LogP contribution in [0.3, 0.4) is 0 Å². The van der Waals surface area contributed by atoms with Crippen LogP contribution in [-0.4, -0.2) is 23.5 Å². The second kappa shape index (κ2) is 9.29. The van der Waals surface area contributed by atoms with Gasteiger partial charge in [-0.3, -0.25) is 9.78 Å². The molecule has 1 heterocycles. The molecule has 0 fully saturated rings. The van der Waals surface area contributed by atoms with Crippen molar-refractivity contribution in [2.45, 2.75) is 12.5 Å². The molecule has 0 bridgehead atoms. The van der Waals surface area contributed by atoms with Crippen LogP contribution in [0.25, 0.3) is 0 Å². The molecule has 1 N–H and O–H groups in total. The van der Waals surface area contributed by atoms with E-state index in [1.807, 2.05) is 60.7 Å². The quantitative estimate of drug-likeness (QED) is 0.656. The zero-order valence-electron chi connectivity index (χ0n) is 14.7. The molecule has 0 aliphatic heterocycles. The molecule has 2 aromatic carbocycles. The molecule has 136 valence electrons. The van der Waals surface area contributed by atoms with E-state index >= 15 is 0 Å². The summed E-state index contributed by atoms with van der Waals surface area (Å²) in [4.78, 5) is 28.2. The normalized spacial score (nSPS) is 11.4. The Balaban J connectivity index is 1.63. The zero-order valence-corrected chi connectivity index (χ0v) is 14.7. The summed E-state index contributed by atoms with van der Waals surface area (Å²) >= 11 is 0. The van der Waals surface area contributed by atoms with Gasteiger partial charge in [0, 0.05) is 12.4 Å². The fourth-order valence-corrected chi connectivity index (χ4v) is 2.73. The monoisotopic (exact) mass is 360 g/mol. The van der Waals surface area contributed by atoms with Gasteiger partial charge in [-0.15, -0.1) is 0 Å². The Labute approximate surface area is 158 Å². The molecular formula is C22H20N2O3. The largest absolute Gasteiger partial charge is 0.452 e. The fourth-order valence-electron chi connectivity index (χ4n) is 2.73. The molecule has 0 aliphatic carbocycles. The van der Waals surface area contributed by atoms with Gasteiger partial charge in [-0.05, 0) is 29.7 Å². The van der Waals surface area contributed by atoms with Crippen molar-refractivity contribution in [2.75, 3.05) is 6.61 Å². The first kappa shape index (κ1) is 18.3. The van der Waals surface area contributed by atoms with Crippen molar-refractivity contribution in [3.8, 4) is 0 Å². The minimum atomic E-state index is -0.549. The van der Waals surface area contributed by atoms with Gasteiger partial charge in [-0.2, -0.15) is 0 Å². The summed E-state index contributed by atoms with van der Waals surface area (Å²) in [6, 6.07) is 22.5. The Morgan fingerprint density at radius 3 is 2.19 bits per heavy atom. The van der Waals surface area contributed by atoms with Gasteiger partial charge in [0.2, 0.25) is 0 Å². The average Bonchev–Trinajstić information content (AvgIpc) is 2.73. The van der Waals surface area contributed by atoms with E-state index in [-0.39, 0.29) is 18.6 Å². The molecule has 3 rings (SSSR count). The summed E-state index contributed by atoms with van der Waals surface area (Å²) in [6.45, 7) is -0.334. The Morgan fingerprint density at radius 1 is 0.889 bits per heavy atom. The van der Waals surface area contributed by atoms with Gasteiger partial charge in [0.25, 0.3) is 5.91 Å². The number of carbonyl (C=O) groups is 2. The number of ether oxygens (including phenoxy) is 1. The van der Waals surface area contributed by atoms with Crippen molar-refractivity contribution in [3.63, 3.8) is 0 Å². The number of nitrogens with zero attached hydrogens (tertiary/aromatic N) is 1. The minimum absolute atomic E-state index is 0.208. The molecule has 3 aromatic rings. The summed E-state index contributed by atoms with van der Waals surface area (Å²) in [5.41, 5.74) is 2.47. The summed E-state index contributed by atoms with van der Waals surface area (Å²) < 4.78 is 5.10. The lowest BCUT2D eigenvalue weighted by atomic mass is 9.99. The number of carbonyl (C=O) groups excluding carboxylic acids is 2. The first-order chi connectivity index (χ1) is 13.2. The second-order valence-electron chi connectivity index (χ2n) is 6.03. The van der Waals surface area contributed by atoms with Gasteiger partial charge in [0.05, 0.1) is 11.6 Å². The SMILES string of the molecule is O=C(COC(=O)c1ccncc1)N[C@H](Cc1ccccc1)c1ccccc1. The van der Waals surface area contributed by atoms with Gasteiger partial charge >= 0.3 is 5.97 Å². The highest BCUT2D eigenvalue weighted by atomic mass is 16.5. The van der Waals surface area contributed by atoms with Crippen molar-refractivity contribution in [1.82, 2.24) is 10.3 Å². The number of hydrogen-bond donors (Lipinski definition) is 1. The molecule has 27 heavy (non-hydrogen) atoms. The van der Waals surface area contributed by atoms with E-state index in [0.29, 0.717) is 12.0 Å². The topological polar surface area (TPSA) is 68.3 Å². The molecule has 0 radical (unpaired) electrons. The molecule has 0 saturated carbocycles. The Morgan fingerprint density at radius 2 is 1.52 bits per heavy atom. The molecule has 1 aromatic heterocycles. The minimum Gasteiger partial charge on any atom is -0.452 e. The van der Waals surface area contributed by atoms with Gasteiger partial charge in [-0.1, -0.05) is 60.7 Å². The highest BCUT2D eigenvalue weighted by Crippen LogP contribution is 2.18. The molecule has 1 atom stereocenters. The lowest BCUT2D eigenvalue weighted by molar-refractivity contribution is -0.125. The third kappa shape index (κ3) is 5.51. The lowest BCUT2D eigenvalue weighted by Gasteiger charge is -2.19. The molecule has 0 saturated heterocycles. The van der Waals surface area contributed by atoms with Crippen LogP contribution in [0.2, 0.25) is 0 Å². The zero-order chi connectivity index (χ0) is 18.9. The van der Waals surface area contributed by atoms with Crippen LogP contribution >= 0.6 is 0 Å². The molecule has 0 spiro atoms. The third-order valence-corrected chi connectivity index (χ3v) is 4.07. The first-order valence-corrected chi connectivity index (χ1v) is 8.68. The standard InChI is InChI=1S/C22H20N2O3/c25-21(16-27-22(26)19-11-13-23-14-12-19)24-20(18-9-5-2-6-10-18)15-17-7-3-1-4-8-17/h1-14,20H,15-16H2,(H,24,25)/t20-/m1/s1. The van der Waals surface area contributed by atoms with E-state index in [1.165, 1.54) is 12.4 Å². The lowest BCUT2D eigenvalue weighted by Crippen LogP contribution is -2.33. The number of pyridine rings is 1. The summed E-state index contributed by atoms with van der Waals surface area (Å²) in [7, 11) is 0. The van der Waals surface area contributed by atoms with E-state index in [1.54, 1.807) is 12.1 Å². The van der Waals surface area contributed by atoms with Gasteiger partial charge < -0.3 is 10.1 Å². The van der Waals surface area contributed by atoms with Crippen LogP contribution in [0, 0.1) is 0 Å². The molecule has 1 amide bonds. The first-order valence-electron chi connectivity index (χ1n) is 8.68. The van der Waals surface area contributed by atoms with Gasteiger partial charge in [0.15, 0.2) is 6.61 Å². The van der Waals surface area contributed by atoms with Crippen molar-refractivity contribution >= 4 is 11.9 Å². The predicted octanol–water partition coefficient (Wildman–Crippen LogP) is 3.34. The number of amides is 1. The van der Waals surface area contributed by atoms with E-state index < -0.39 is 5.97 Å². The van der Waals surface area contributed by atoms with Crippen molar-refractivity contribution in [2.24, 2.45) is 0 Å². The Hall–Kier alpha value is -3.47. The predicted molar refractivity (Wildman–Crippen MR) is 102 cm³/mol. The van der Waals surface area contributed by atoms with Crippen LogP contribution in [0.15, 0.2) is 85.2 Å². The van der Waals surface area contributed by atoms with Gasteiger partial charge in [0.1, 0.15) is 0 Å². The van der Waals surface area contributed by atoms with Crippen LogP contribution in [0.5, 0.6) is 0 Å². The number of nitrogens with one attached hydrogen (secondary N) is 1. The summed E-state index contributed by atoms with van der Waals surface area (Å²) in [6.07, 6.45) is 3.65. The van der Waals surface area contributed by atoms with Crippen molar-refractivity contribution in [3.05, 3.63) is 102 Å². The van der Waals surface area contributed by atoms with Crippen molar-refractivity contribution in [1.29, 1.82) is 0 Å². The van der Waals surface area contributed by atoms with E-state index in [0.717, 1.165) is 11.1 Å². The number of hydrogen-bond acceptors (Lipinski definition) is 4. The second-order valence-corrected chi connectivity index (χ2v) is 6.03. The van der Waals surface area contributed by atoms with Gasteiger partial charge in [-0.25, -0.2) is 4.79 Å². The van der Waals surface area contributed by atoms with E-state index in [4.69, 9.17) is 4.74 Å². The summed E-state index contributed by atoms with van der Waals surface area (Å²) in [5, 5.41) is 2.96. The molecule has 5 heteroatoms. The van der Waals surface area contributed by atoms with Crippen LogP contribution in [0.4, 0.5) is 0 Å². The number of rotatable bonds is 7. The number of benzene rings is 2. The highest BCUT2D eigenvalue weighted by molar-refractivity contribution is 5.91. The number of esters is 1. The average molecular weight is 360 g/mol. The molecule has 5 nitrogen and oxygen atoms in total. The van der Waals surface area contributed by atoms with Crippen molar-refractivity contribution < 1.29 is 14.3 Å². The molecular weight excluding hydrogens is 340 g/mol. The van der Waals surface area contributed by atoms with Crippen LogP contribution in [-0.2, 0) is 16.0 Å². The van der Waals surface area contributed by atoms with E-state index in [2.05, 4.69) is 10.3 Å². The van der Waals surface area contributed by atoms with Crippen LogP contribution < -0.4 is 5.32 Å². The van der Waals surface area contributed by atoms with E-state index in [9.17, 15) is 9.59 Å². The Kier molecular flexibility index (Phi) is 6.30. The highest BCUT2D eigenvalue weighted by Gasteiger charge is 2.17. The third-order valence-electron chi connectivity index (χ3n) is 4.07. The maximum Gasteiger partial charge on any atom is 0.338 e. The fraction of sp³-hybridized carbons (Fsp3) is 0.136. The molecule has 0 aliphatic rings. The smallest absolute Gasteiger partial charge is 0.338 e. The van der Waals surface area contributed by atoms with Crippen LogP contribution in [0.1, 0.15) is 27.5 Å².